The van der Waals surface area contributed by atoms with Gasteiger partial charge in [0.15, 0.2) is 0 Å². The molecule has 0 bridgehead atoms. The van der Waals surface area contributed by atoms with Crippen molar-refractivity contribution in [3.63, 3.8) is 0 Å². The summed E-state index contributed by atoms with van der Waals surface area (Å²) in [6.07, 6.45) is 0. The molecule has 2 amide bonds. The second-order valence-corrected chi connectivity index (χ2v) is 8.46. The fraction of sp³-hybridized carbons (Fsp3) is 0.208. The topological polar surface area (TPSA) is 48.7 Å². The maximum atomic E-state index is 13.3. The van der Waals surface area contributed by atoms with Crippen LogP contribution in [0.1, 0.15) is 5.76 Å². The lowest BCUT2D eigenvalue weighted by atomic mass is 10.1. The number of nitrogens with zero attached hydrogens (tertiary/aromatic N) is 2. The third-order valence-corrected chi connectivity index (χ3v) is 6.22. The van der Waals surface area contributed by atoms with Gasteiger partial charge in [0.25, 0.3) is 0 Å². The lowest BCUT2D eigenvalue weighted by molar-refractivity contribution is 0.137. The second-order valence-electron chi connectivity index (χ2n) is 7.68. The Kier molecular flexibility index (Phi) is 5.44. The van der Waals surface area contributed by atoms with E-state index >= 15 is 0 Å². The normalized spacial score (nSPS) is 14.8. The maximum Gasteiger partial charge on any atom is 0.321 e. The summed E-state index contributed by atoms with van der Waals surface area (Å²) >= 11 is 1.69. The van der Waals surface area contributed by atoms with Crippen LogP contribution in [-0.4, -0.2) is 42.0 Å². The number of piperazine rings is 1. The van der Waals surface area contributed by atoms with E-state index in [4.69, 9.17) is 4.42 Å². The number of furan rings is 1. The fourth-order valence-electron chi connectivity index (χ4n) is 3.88. The molecular formula is C24H22FN3O2S. The van der Waals surface area contributed by atoms with Crippen LogP contribution in [0.4, 0.5) is 14.9 Å². The molecule has 5 rings (SSSR count). The maximum absolute atomic E-state index is 13.3. The minimum absolute atomic E-state index is 0.199. The molecule has 3 heterocycles. The van der Waals surface area contributed by atoms with E-state index in [1.54, 1.807) is 28.4 Å². The van der Waals surface area contributed by atoms with Crippen molar-refractivity contribution in [3.05, 3.63) is 76.9 Å². The molecule has 1 fully saturated rings. The highest BCUT2D eigenvalue weighted by Crippen LogP contribution is 2.28. The molecule has 1 N–H and O–H groups in total. The molecule has 2 aromatic carbocycles. The predicted molar refractivity (Wildman–Crippen MR) is 122 cm³/mol. The van der Waals surface area contributed by atoms with Crippen molar-refractivity contribution in [2.24, 2.45) is 0 Å². The molecule has 31 heavy (non-hydrogen) atoms. The number of urea groups is 1. The van der Waals surface area contributed by atoms with Gasteiger partial charge in [-0.05, 0) is 64.4 Å². The van der Waals surface area contributed by atoms with Gasteiger partial charge >= 0.3 is 6.03 Å². The van der Waals surface area contributed by atoms with Gasteiger partial charge < -0.3 is 14.6 Å². The number of carbonyl (C=O) groups excluding carboxylic acids is 1. The zero-order valence-electron chi connectivity index (χ0n) is 16.9. The van der Waals surface area contributed by atoms with Gasteiger partial charge in [-0.1, -0.05) is 12.1 Å². The minimum Gasteiger partial charge on any atom is -0.460 e. The van der Waals surface area contributed by atoms with Crippen molar-refractivity contribution >= 4 is 34.0 Å². The van der Waals surface area contributed by atoms with Gasteiger partial charge in [0.1, 0.15) is 17.2 Å². The van der Waals surface area contributed by atoms with Gasteiger partial charge in [0, 0.05) is 37.3 Å². The highest BCUT2D eigenvalue weighted by molar-refractivity contribution is 7.08. The number of thiophene rings is 1. The molecule has 1 aliphatic heterocycles. The van der Waals surface area contributed by atoms with E-state index in [-0.39, 0.29) is 11.8 Å². The van der Waals surface area contributed by atoms with Crippen LogP contribution < -0.4 is 5.32 Å². The Balaban J connectivity index is 1.18. The van der Waals surface area contributed by atoms with Crippen LogP contribution in [0, 0.1) is 5.82 Å². The van der Waals surface area contributed by atoms with Crippen molar-refractivity contribution in [2.75, 3.05) is 31.5 Å². The molecule has 158 valence electrons. The summed E-state index contributed by atoms with van der Waals surface area (Å²) in [7, 11) is 0. The SMILES string of the molecule is O=C(Nc1cccc(F)c1)N1CCN(Cc2cc3cc(-c4ccsc4)ccc3o2)CC1. The lowest BCUT2D eigenvalue weighted by Gasteiger charge is -2.34. The molecule has 1 aliphatic rings. The fourth-order valence-corrected chi connectivity index (χ4v) is 4.55. The van der Waals surface area contributed by atoms with Gasteiger partial charge in [0.05, 0.1) is 6.54 Å². The average molecular weight is 436 g/mol. The van der Waals surface area contributed by atoms with E-state index < -0.39 is 0 Å². The van der Waals surface area contributed by atoms with E-state index in [0.29, 0.717) is 25.3 Å². The van der Waals surface area contributed by atoms with Crippen LogP contribution in [0.15, 0.2) is 69.8 Å². The van der Waals surface area contributed by atoms with Crippen molar-refractivity contribution in [1.29, 1.82) is 0 Å². The molecule has 1 saturated heterocycles. The number of nitrogens with one attached hydrogen (secondary N) is 1. The number of halogens is 1. The van der Waals surface area contributed by atoms with Gasteiger partial charge in [-0.25, -0.2) is 9.18 Å². The summed E-state index contributed by atoms with van der Waals surface area (Å²) < 4.78 is 19.3. The highest BCUT2D eigenvalue weighted by atomic mass is 32.1. The van der Waals surface area contributed by atoms with Crippen LogP contribution in [0.5, 0.6) is 0 Å². The van der Waals surface area contributed by atoms with E-state index in [9.17, 15) is 9.18 Å². The molecule has 0 unspecified atom stereocenters. The first-order valence-corrected chi connectivity index (χ1v) is 11.2. The van der Waals surface area contributed by atoms with Gasteiger partial charge in [-0.2, -0.15) is 11.3 Å². The molecule has 0 atom stereocenters. The molecule has 0 aliphatic carbocycles. The summed E-state index contributed by atoms with van der Waals surface area (Å²) in [4.78, 5) is 16.5. The lowest BCUT2D eigenvalue weighted by Crippen LogP contribution is -2.49. The Labute approximate surface area is 183 Å². The molecule has 5 nitrogen and oxygen atoms in total. The van der Waals surface area contributed by atoms with E-state index in [1.807, 2.05) is 6.07 Å². The number of amides is 2. The first-order valence-electron chi connectivity index (χ1n) is 10.2. The highest BCUT2D eigenvalue weighted by Gasteiger charge is 2.22. The number of rotatable bonds is 4. The first-order chi connectivity index (χ1) is 15.1. The number of benzene rings is 2. The summed E-state index contributed by atoms with van der Waals surface area (Å²) in [5.74, 6) is 0.561. The third kappa shape index (κ3) is 4.47. The summed E-state index contributed by atoms with van der Waals surface area (Å²) in [6.45, 7) is 3.46. The van der Waals surface area contributed by atoms with Crippen molar-refractivity contribution < 1.29 is 13.6 Å². The largest absolute Gasteiger partial charge is 0.460 e. The number of hydrogen-bond donors (Lipinski definition) is 1. The molecule has 0 spiro atoms. The number of hydrogen-bond acceptors (Lipinski definition) is 4. The van der Waals surface area contributed by atoms with Crippen molar-refractivity contribution in [2.45, 2.75) is 6.54 Å². The zero-order chi connectivity index (χ0) is 21.2. The standard InChI is InChI=1S/C24H22FN3O2S/c25-20-2-1-3-21(14-20)26-24(29)28-9-7-27(8-10-28)15-22-13-19-12-17(4-5-23(19)30-22)18-6-11-31-16-18/h1-6,11-14,16H,7-10,15H2,(H,26,29). The predicted octanol–water partition coefficient (Wildman–Crippen LogP) is 5.65. The molecule has 4 aromatic rings. The second kappa shape index (κ2) is 8.53. The zero-order valence-corrected chi connectivity index (χ0v) is 17.7. The molecule has 2 aromatic heterocycles. The van der Waals surface area contributed by atoms with Gasteiger partial charge in [0.2, 0.25) is 0 Å². The number of carbonyl (C=O) groups is 1. The van der Waals surface area contributed by atoms with E-state index in [1.165, 1.54) is 23.3 Å². The van der Waals surface area contributed by atoms with Crippen molar-refractivity contribution in [3.8, 4) is 11.1 Å². The Hall–Kier alpha value is -3.16. The van der Waals surface area contributed by atoms with Gasteiger partial charge in [-0.15, -0.1) is 0 Å². The van der Waals surface area contributed by atoms with Crippen molar-refractivity contribution in [1.82, 2.24) is 9.80 Å². The number of fused-ring (bicyclic) bond motifs is 1. The Morgan fingerprint density at radius 1 is 1.03 bits per heavy atom. The molecule has 0 saturated carbocycles. The van der Waals surface area contributed by atoms with Gasteiger partial charge in [-0.3, -0.25) is 4.90 Å². The summed E-state index contributed by atoms with van der Waals surface area (Å²) in [6, 6.07) is 16.3. The van der Waals surface area contributed by atoms with Crippen LogP contribution in [0.2, 0.25) is 0 Å². The smallest absolute Gasteiger partial charge is 0.321 e. The molecular weight excluding hydrogens is 413 g/mol. The Morgan fingerprint density at radius 3 is 2.68 bits per heavy atom. The molecule has 7 heteroatoms. The van der Waals surface area contributed by atoms with E-state index in [0.717, 1.165) is 29.8 Å². The Bertz CT molecular complexity index is 1200. The average Bonchev–Trinajstić information content (AvgIpc) is 3.43. The van der Waals surface area contributed by atoms with Crippen LogP contribution >= 0.6 is 11.3 Å². The van der Waals surface area contributed by atoms with Crippen LogP contribution in [0.3, 0.4) is 0 Å². The molecule has 0 radical (unpaired) electrons. The van der Waals surface area contributed by atoms with E-state index in [2.05, 4.69) is 45.2 Å². The van der Waals surface area contributed by atoms with Crippen LogP contribution in [-0.2, 0) is 6.54 Å². The summed E-state index contributed by atoms with van der Waals surface area (Å²) in [5, 5.41) is 8.09. The number of anilines is 1. The van der Waals surface area contributed by atoms with Crippen LogP contribution in [0.25, 0.3) is 22.1 Å². The quantitative estimate of drug-likeness (QED) is 0.451. The summed E-state index contributed by atoms with van der Waals surface area (Å²) in [5.41, 5.74) is 3.78. The first kappa shape index (κ1) is 19.8. The third-order valence-electron chi connectivity index (χ3n) is 5.54. The monoisotopic (exact) mass is 435 g/mol. The Morgan fingerprint density at radius 2 is 1.90 bits per heavy atom. The minimum atomic E-state index is -0.365.